The molecule has 106 valence electrons. The third-order valence-corrected chi connectivity index (χ3v) is 3.33. The topological polar surface area (TPSA) is 57.4 Å². The van der Waals surface area contributed by atoms with Gasteiger partial charge in [0.25, 0.3) is 0 Å². The van der Waals surface area contributed by atoms with Crippen molar-refractivity contribution in [2.75, 3.05) is 12.8 Å². The van der Waals surface area contributed by atoms with E-state index in [-0.39, 0.29) is 0 Å². The zero-order valence-corrected chi connectivity index (χ0v) is 12.0. The molecule has 2 aromatic carbocycles. The van der Waals surface area contributed by atoms with Crippen molar-refractivity contribution in [1.29, 1.82) is 0 Å². The Balaban J connectivity index is 2.07. The average molecular weight is 280 g/mol. The number of ether oxygens (including phenoxy) is 2. The number of aromatic nitrogens is 1. The second-order valence-electron chi connectivity index (χ2n) is 4.82. The summed E-state index contributed by atoms with van der Waals surface area (Å²) in [5.74, 6) is 2.29. The van der Waals surface area contributed by atoms with E-state index in [0.29, 0.717) is 5.69 Å². The van der Waals surface area contributed by atoms with E-state index in [9.17, 15) is 0 Å². The van der Waals surface area contributed by atoms with Gasteiger partial charge in [-0.05, 0) is 55.0 Å². The lowest BCUT2D eigenvalue weighted by Gasteiger charge is -2.11. The highest BCUT2D eigenvalue weighted by Crippen LogP contribution is 2.33. The largest absolute Gasteiger partial charge is 0.496 e. The Morgan fingerprint density at radius 3 is 2.48 bits per heavy atom. The predicted octanol–water partition coefficient (Wildman–Crippen LogP) is 3.93. The average Bonchev–Trinajstić information content (AvgIpc) is 2.49. The van der Waals surface area contributed by atoms with Gasteiger partial charge in [0.1, 0.15) is 17.2 Å². The molecule has 3 rings (SSSR count). The number of nitrogen functional groups attached to an aromatic ring is 1. The van der Waals surface area contributed by atoms with Crippen LogP contribution in [0.2, 0.25) is 0 Å². The van der Waals surface area contributed by atoms with Crippen LogP contribution in [-0.2, 0) is 0 Å². The molecule has 0 saturated carbocycles. The zero-order chi connectivity index (χ0) is 14.8. The molecule has 3 aromatic rings. The summed E-state index contributed by atoms with van der Waals surface area (Å²) in [6, 6.07) is 13.1. The molecule has 0 spiro atoms. The van der Waals surface area contributed by atoms with Crippen LogP contribution in [0.25, 0.3) is 10.9 Å². The van der Waals surface area contributed by atoms with Crippen LogP contribution in [-0.4, -0.2) is 12.1 Å². The van der Waals surface area contributed by atoms with Gasteiger partial charge in [-0.15, -0.1) is 0 Å². The number of aryl methyl sites for hydroxylation is 1. The van der Waals surface area contributed by atoms with Gasteiger partial charge in [-0.1, -0.05) is 0 Å². The second kappa shape index (κ2) is 5.32. The summed E-state index contributed by atoms with van der Waals surface area (Å²) in [5, 5.41) is 0.914. The Hall–Kier alpha value is -2.75. The minimum Gasteiger partial charge on any atom is -0.496 e. The van der Waals surface area contributed by atoms with Crippen molar-refractivity contribution in [2.24, 2.45) is 0 Å². The van der Waals surface area contributed by atoms with E-state index >= 15 is 0 Å². The van der Waals surface area contributed by atoms with Crippen LogP contribution in [0.15, 0.2) is 48.7 Å². The van der Waals surface area contributed by atoms with Crippen LogP contribution in [0.3, 0.4) is 0 Å². The quantitative estimate of drug-likeness (QED) is 0.739. The third-order valence-electron chi connectivity index (χ3n) is 3.33. The van der Waals surface area contributed by atoms with Crippen LogP contribution in [0.5, 0.6) is 17.2 Å². The summed E-state index contributed by atoms with van der Waals surface area (Å²) in [5.41, 5.74) is 8.31. The van der Waals surface area contributed by atoms with Gasteiger partial charge in [-0.2, -0.15) is 0 Å². The smallest absolute Gasteiger partial charge is 0.138 e. The maximum Gasteiger partial charge on any atom is 0.138 e. The second-order valence-corrected chi connectivity index (χ2v) is 4.82. The van der Waals surface area contributed by atoms with Crippen molar-refractivity contribution in [1.82, 2.24) is 4.98 Å². The summed E-state index contributed by atoms with van der Waals surface area (Å²) < 4.78 is 11.3. The SMILES string of the molecule is COc1cc2c(Oc3ccc(N)cc3)ccnc2cc1C. The normalized spacial score (nSPS) is 10.6. The van der Waals surface area contributed by atoms with Crippen molar-refractivity contribution >= 4 is 16.6 Å². The summed E-state index contributed by atoms with van der Waals surface area (Å²) in [6.07, 6.45) is 1.74. The van der Waals surface area contributed by atoms with Crippen LogP contribution < -0.4 is 15.2 Å². The Morgan fingerprint density at radius 1 is 1.00 bits per heavy atom. The Bertz CT molecular complexity index is 783. The number of nitrogens with zero attached hydrogens (tertiary/aromatic N) is 1. The molecule has 0 atom stereocenters. The van der Waals surface area contributed by atoms with E-state index in [2.05, 4.69) is 4.98 Å². The van der Waals surface area contributed by atoms with Gasteiger partial charge < -0.3 is 15.2 Å². The number of hydrogen-bond donors (Lipinski definition) is 1. The van der Waals surface area contributed by atoms with Crippen LogP contribution >= 0.6 is 0 Å². The van der Waals surface area contributed by atoms with E-state index in [1.807, 2.05) is 49.4 Å². The van der Waals surface area contributed by atoms with Gasteiger partial charge in [0, 0.05) is 17.3 Å². The Labute approximate surface area is 123 Å². The number of rotatable bonds is 3. The molecule has 1 aromatic heterocycles. The predicted molar refractivity (Wildman–Crippen MR) is 84.0 cm³/mol. The molecule has 0 fully saturated rings. The van der Waals surface area contributed by atoms with Gasteiger partial charge >= 0.3 is 0 Å². The molecule has 4 heteroatoms. The molecule has 0 aliphatic heterocycles. The standard InChI is InChI=1S/C17H16N2O2/c1-11-9-15-14(10-17(11)20-2)16(7-8-19-15)21-13-5-3-12(18)4-6-13/h3-10H,18H2,1-2H3. The first-order valence-corrected chi connectivity index (χ1v) is 6.64. The number of nitrogens with two attached hydrogens (primary N) is 1. The monoisotopic (exact) mass is 280 g/mol. The van der Waals surface area contributed by atoms with Crippen LogP contribution in [0, 0.1) is 6.92 Å². The number of anilines is 1. The first-order chi connectivity index (χ1) is 10.2. The summed E-state index contributed by atoms with van der Waals surface area (Å²) in [6.45, 7) is 1.99. The van der Waals surface area contributed by atoms with Crippen molar-refractivity contribution in [3.8, 4) is 17.2 Å². The fourth-order valence-electron chi connectivity index (χ4n) is 2.22. The lowest BCUT2D eigenvalue weighted by atomic mass is 10.1. The fourth-order valence-corrected chi connectivity index (χ4v) is 2.22. The lowest BCUT2D eigenvalue weighted by Crippen LogP contribution is -1.92. The molecule has 0 aliphatic rings. The first kappa shape index (κ1) is 13.2. The van der Waals surface area contributed by atoms with Gasteiger partial charge in [-0.25, -0.2) is 0 Å². The molecule has 1 heterocycles. The molecular weight excluding hydrogens is 264 g/mol. The summed E-state index contributed by atoms with van der Waals surface area (Å²) in [4.78, 5) is 4.38. The maximum atomic E-state index is 5.93. The molecule has 0 aliphatic carbocycles. The van der Waals surface area contributed by atoms with Crippen molar-refractivity contribution in [2.45, 2.75) is 6.92 Å². The van der Waals surface area contributed by atoms with Crippen molar-refractivity contribution in [3.05, 3.63) is 54.2 Å². The highest BCUT2D eigenvalue weighted by molar-refractivity contribution is 5.87. The molecule has 4 nitrogen and oxygen atoms in total. The van der Waals surface area contributed by atoms with E-state index in [1.54, 1.807) is 13.3 Å². The van der Waals surface area contributed by atoms with E-state index in [4.69, 9.17) is 15.2 Å². The van der Waals surface area contributed by atoms with Gasteiger partial charge in [0.2, 0.25) is 0 Å². The van der Waals surface area contributed by atoms with E-state index in [1.165, 1.54) is 0 Å². The number of fused-ring (bicyclic) bond motifs is 1. The highest BCUT2D eigenvalue weighted by atomic mass is 16.5. The lowest BCUT2D eigenvalue weighted by molar-refractivity contribution is 0.412. The Morgan fingerprint density at radius 2 is 1.76 bits per heavy atom. The van der Waals surface area contributed by atoms with Gasteiger partial charge in [0.15, 0.2) is 0 Å². The van der Waals surface area contributed by atoms with Crippen molar-refractivity contribution < 1.29 is 9.47 Å². The van der Waals surface area contributed by atoms with Crippen molar-refractivity contribution in [3.63, 3.8) is 0 Å². The molecule has 0 unspecified atom stereocenters. The summed E-state index contributed by atoms with van der Waals surface area (Å²) in [7, 11) is 1.66. The Kier molecular flexibility index (Phi) is 3.36. The van der Waals surface area contributed by atoms with E-state index in [0.717, 1.165) is 33.7 Å². The first-order valence-electron chi connectivity index (χ1n) is 6.64. The maximum absolute atomic E-state index is 5.93. The van der Waals surface area contributed by atoms with Crippen LogP contribution in [0.4, 0.5) is 5.69 Å². The molecule has 0 amide bonds. The molecule has 21 heavy (non-hydrogen) atoms. The molecule has 0 saturated heterocycles. The highest BCUT2D eigenvalue weighted by Gasteiger charge is 2.08. The summed E-state index contributed by atoms with van der Waals surface area (Å²) >= 11 is 0. The molecule has 2 N–H and O–H groups in total. The number of benzene rings is 2. The third kappa shape index (κ3) is 2.60. The number of methoxy groups -OCH3 is 1. The fraction of sp³-hybridized carbons (Fsp3) is 0.118. The van der Waals surface area contributed by atoms with Gasteiger partial charge in [0.05, 0.1) is 12.6 Å². The molecule has 0 bridgehead atoms. The number of pyridine rings is 1. The molecular formula is C17H16N2O2. The van der Waals surface area contributed by atoms with Gasteiger partial charge in [-0.3, -0.25) is 4.98 Å². The minimum absolute atomic E-state index is 0.708. The molecule has 0 radical (unpaired) electrons. The zero-order valence-electron chi connectivity index (χ0n) is 12.0. The minimum atomic E-state index is 0.708. The van der Waals surface area contributed by atoms with E-state index < -0.39 is 0 Å². The number of hydrogen-bond acceptors (Lipinski definition) is 4. The van der Waals surface area contributed by atoms with Crippen LogP contribution in [0.1, 0.15) is 5.56 Å².